The van der Waals surface area contributed by atoms with Gasteiger partial charge in [-0.1, -0.05) is 31.2 Å². The molecule has 1 fully saturated rings. The van der Waals surface area contributed by atoms with Gasteiger partial charge in [-0.2, -0.15) is 0 Å². The van der Waals surface area contributed by atoms with Gasteiger partial charge in [-0.15, -0.1) is 0 Å². The van der Waals surface area contributed by atoms with Crippen LogP contribution in [0.1, 0.15) is 59.1 Å². The van der Waals surface area contributed by atoms with Gasteiger partial charge < -0.3 is 14.4 Å². The number of nitrogens with zero attached hydrogens (tertiary/aromatic N) is 2. The molecule has 0 unspecified atom stereocenters. The van der Waals surface area contributed by atoms with Crippen LogP contribution in [0.15, 0.2) is 36.4 Å². The molecule has 2 aromatic rings. The molecular formula is C26H36N2O4. The molecule has 0 bridgehead atoms. The maximum absolute atomic E-state index is 13.0. The van der Waals surface area contributed by atoms with E-state index in [1.165, 1.54) is 0 Å². The monoisotopic (exact) mass is 440 g/mol. The van der Waals surface area contributed by atoms with Crippen LogP contribution in [0.3, 0.4) is 0 Å². The molecule has 0 saturated carbocycles. The lowest BCUT2D eigenvalue weighted by molar-refractivity contribution is -0.128. The van der Waals surface area contributed by atoms with Gasteiger partial charge in [0.1, 0.15) is 11.4 Å². The van der Waals surface area contributed by atoms with Crippen LogP contribution in [-0.4, -0.2) is 53.2 Å². The first-order valence-corrected chi connectivity index (χ1v) is 11.6. The summed E-state index contributed by atoms with van der Waals surface area (Å²) in [5.41, 5.74) is 1.43. The molecule has 0 N–H and O–H groups in total. The van der Waals surface area contributed by atoms with E-state index in [2.05, 4.69) is 6.07 Å². The third-order valence-corrected chi connectivity index (χ3v) is 6.09. The fourth-order valence-corrected chi connectivity index (χ4v) is 4.48. The molecule has 1 aliphatic rings. The second-order valence-electron chi connectivity index (χ2n) is 9.69. The van der Waals surface area contributed by atoms with Gasteiger partial charge in [0, 0.05) is 37.1 Å². The zero-order valence-corrected chi connectivity index (χ0v) is 20.0. The van der Waals surface area contributed by atoms with Crippen LogP contribution in [0, 0.1) is 5.92 Å². The van der Waals surface area contributed by atoms with Gasteiger partial charge in [0.05, 0.1) is 17.7 Å². The van der Waals surface area contributed by atoms with Crippen LogP contribution >= 0.6 is 0 Å². The summed E-state index contributed by atoms with van der Waals surface area (Å²) in [5, 5.41) is 1.12. The first-order valence-electron chi connectivity index (χ1n) is 11.6. The van der Waals surface area contributed by atoms with Crippen LogP contribution in [0.5, 0.6) is 0 Å². The lowest BCUT2D eigenvalue weighted by atomic mass is 9.90. The number of methoxy groups -OCH3 is 1. The topological polar surface area (TPSA) is 68.7 Å². The number of carbonyl (C=O) groups excluding carboxylic acids is 2. The number of para-hydroxylation sites is 1. The molecule has 0 spiro atoms. The van der Waals surface area contributed by atoms with Crippen molar-refractivity contribution in [1.29, 1.82) is 0 Å². The van der Waals surface area contributed by atoms with Gasteiger partial charge in [-0.05, 0) is 58.6 Å². The predicted molar refractivity (Wildman–Crippen MR) is 126 cm³/mol. The van der Waals surface area contributed by atoms with E-state index in [9.17, 15) is 9.59 Å². The Bertz CT molecular complexity index is 937. The second kappa shape index (κ2) is 10.4. The van der Waals surface area contributed by atoms with Gasteiger partial charge >= 0.3 is 6.09 Å². The van der Waals surface area contributed by atoms with Crippen LogP contribution in [0.4, 0.5) is 4.79 Å². The number of likely N-dealkylation sites (tertiary alicyclic amines) is 1. The number of rotatable bonds is 8. The largest absolute Gasteiger partial charge is 0.444 e. The number of ketones is 1. The number of benzene rings is 1. The number of carbonyl (C=O) groups is 2. The van der Waals surface area contributed by atoms with Crippen molar-refractivity contribution in [2.45, 2.75) is 77.5 Å². The molecule has 6 nitrogen and oxygen atoms in total. The number of fused-ring (bicyclic) bond motifs is 1. The molecule has 3 rings (SSSR count). The third kappa shape index (κ3) is 6.06. The van der Waals surface area contributed by atoms with Gasteiger partial charge in [-0.25, -0.2) is 4.79 Å². The van der Waals surface area contributed by atoms with Gasteiger partial charge in [0.15, 0.2) is 0 Å². The Kier molecular flexibility index (Phi) is 7.88. The minimum Gasteiger partial charge on any atom is -0.444 e. The Morgan fingerprint density at radius 2 is 1.94 bits per heavy atom. The third-order valence-electron chi connectivity index (χ3n) is 6.09. The quantitative estimate of drug-likeness (QED) is 0.566. The highest BCUT2D eigenvalue weighted by molar-refractivity contribution is 5.81. The van der Waals surface area contributed by atoms with Crippen molar-refractivity contribution in [1.82, 2.24) is 9.88 Å². The summed E-state index contributed by atoms with van der Waals surface area (Å²) in [4.78, 5) is 32.1. The van der Waals surface area contributed by atoms with E-state index >= 15 is 0 Å². The van der Waals surface area contributed by atoms with Crippen LogP contribution in [-0.2, 0) is 20.7 Å². The summed E-state index contributed by atoms with van der Waals surface area (Å²) in [7, 11) is 1.62. The average molecular weight is 441 g/mol. The van der Waals surface area contributed by atoms with Crippen molar-refractivity contribution in [3.8, 4) is 0 Å². The number of hydrogen-bond acceptors (Lipinski definition) is 5. The number of hydrogen-bond donors (Lipinski definition) is 0. The molecule has 3 atom stereocenters. The lowest BCUT2D eigenvalue weighted by Crippen LogP contribution is -2.49. The summed E-state index contributed by atoms with van der Waals surface area (Å²) >= 11 is 0. The number of Topliss-reactive ketones (excluding diaryl/α,β-unsaturated/α-hetero) is 1. The van der Waals surface area contributed by atoms with Crippen molar-refractivity contribution >= 4 is 22.8 Å². The highest BCUT2D eigenvalue weighted by Crippen LogP contribution is 2.29. The van der Waals surface area contributed by atoms with Crippen molar-refractivity contribution < 1.29 is 19.1 Å². The molecule has 0 radical (unpaired) electrons. The van der Waals surface area contributed by atoms with Crippen LogP contribution in [0.25, 0.3) is 10.9 Å². The minimum absolute atomic E-state index is 0.143. The molecule has 2 heterocycles. The van der Waals surface area contributed by atoms with Gasteiger partial charge in [0.25, 0.3) is 0 Å². The minimum atomic E-state index is -0.551. The standard InChI is InChI=1S/C26H36N2O4/c1-18(24(31-5)22-13-9-17-28(22)25(30)32-26(2,3)4)23(29)14-8-11-20-16-15-19-10-6-7-12-21(19)27-20/h6-7,10,12,15-16,18,22,24H,8-9,11,13-14,17H2,1-5H3/t18-,22-,24+/m0/s1. The molecule has 1 amide bonds. The summed E-state index contributed by atoms with van der Waals surface area (Å²) in [6.07, 6.45) is 3.00. The van der Waals surface area contributed by atoms with Crippen molar-refractivity contribution in [3.05, 3.63) is 42.1 Å². The Morgan fingerprint density at radius 1 is 1.19 bits per heavy atom. The summed E-state index contributed by atoms with van der Waals surface area (Å²) in [6.45, 7) is 8.13. The number of aromatic nitrogens is 1. The smallest absolute Gasteiger partial charge is 0.410 e. The van der Waals surface area contributed by atoms with Crippen molar-refractivity contribution in [2.75, 3.05) is 13.7 Å². The van der Waals surface area contributed by atoms with E-state index in [1.54, 1.807) is 12.0 Å². The van der Waals surface area contributed by atoms with E-state index in [0.29, 0.717) is 13.0 Å². The van der Waals surface area contributed by atoms with Crippen molar-refractivity contribution in [3.63, 3.8) is 0 Å². The Balaban J connectivity index is 1.57. The normalized spacial score (nSPS) is 18.5. The molecule has 1 aromatic heterocycles. The first kappa shape index (κ1) is 24.2. The van der Waals surface area contributed by atoms with E-state index < -0.39 is 5.60 Å². The first-order chi connectivity index (χ1) is 15.2. The fraction of sp³-hybridized carbons (Fsp3) is 0.577. The predicted octanol–water partition coefficient (Wildman–Crippen LogP) is 5.18. The van der Waals surface area contributed by atoms with E-state index in [-0.39, 0.29) is 29.9 Å². The van der Waals surface area contributed by atoms with Gasteiger partial charge in [-0.3, -0.25) is 9.78 Å². The average Bonchev–Trinajstić information content (AvgIpc) is 3.22. The highest BCUT2D eigenvalue weighted by atomic mass is 16.6. The Labute approximate surface area is 191 Å². The van der Waals surface area contributed by atoms with Crippen LogP contribution < -0.4 is 0 Å². The fourth-order valence-electron chi connectivity index (χ4n) is 4.48. The SMILES string of the molecule is CO[C@H]([C@@H](C)C(=O)CCCc1ccc2ccccc2n1)[C@@H]1CCCN1C(=O)OC(C)(C)C. The van der Waals surface area contributed by atoms with Gasteiger partial charge in [0.2, 0.25) is 0 Å². The lowest BCUT2D eigenvalue weighted by Gasteiger charge is -2.34. The molecule has 1 saturated heterocycles. The zero-order valence-electron chi connectivity index (χ0n) is 20.0. The molecule has 0 aliphatic carbocycles. The Morgan fingerprint density at radius 3 is 2.66 bits per heavy atom. The number of pyridine rings is 1. The number of aryl methyl sites for hydroxylation is 1. The molecular weight excluding hydrogens is 404 g/mol. The highest BCUT2D eigenvalue weighted by Gasteiger charge is 2.40. The summed E-state index contributed by atoms with van der Waals surface area (Å²) < 4.78 is 11.3. The molecule has 32 heavy (non-hydrogen) atoms. The summed E-state index contributed by atoms with van der Waals surface area (Å²) in [5.74, 6) is -0.133. The van der Waals surface area contributed by atoms with E-state index in [4.69, 9.17) is 14.5 Å². The second-order valence-corrected chi connectivity index (χ2v) is 9.69. The molecule has 6 heteroatoms. The van der Waals surface area contributed by atoms with E-state index in [0.717, 1.165) is 42.3 Å². The molecule has 1 aromatic carbocycles. The van der Waals surface area contributed by atoms with Crippen molar-refractivity contribution in [2.24, 2.45) is 5.92 Å². The van der Waals surface area contributed by atoms with Crippen LogP contribution in [0.2, 0.25) is 0 Å². The molecule has 174 valence electrons. The number of ether oxygens (including phenoxy) is 2. The maximum Gasteiger partial charge on any atom is 0.410 e. The Hall–Kier alpha value is -2.47. The van der Waals surface area contributed by atoms with E-state index in [1.807, 2.05) is 58.0 Å². The summed E-state index contributed by atoms with van der Waals surface area (Å²) in [6, 6.07) is 12.0. The maximum atomic E-state index is 13.0. The number of amides is 1. The molecule has 1 aliphatic heterocycles. The zero-order chi connectivity index (χ0) is 23.3.